The highest BCUT2D eigenvalue weighted by atomic mass is 19.1. The first-order valence-electron chi connectivity index (χ1n) is 6.81. The first kappa shape index (κ1) is 16.1. The van der Waals surface area contributed by atoms with E-state index in [4.69, 9.17) is 4.74 Å². The van der Waals surface area contributed by atoms with E-state index in [1.54, 1.807) is 6.92 Å². The van der Waals surface area contributed by atoms with Crippen LogP contribution in [0.3, 0.4) is 0 Å². The van der Waals surface area contributed by atoms with Crippen LogP contribution in [0.5, 0.6) is 11.5 Å². The van der Waals surface area contributed by atoms with Gasteiger partial charge in [0, 0.05) is 25.1 Å². The summed E-state index contributed by atoms with van der Waals surface area (Å²) >= 11 is 0. The monoisotopic (exact) mass is 311 g/mol. The van der Waals surface area contributed by atoms with Gasteiger partial charge in [0.2, 0.25) is 5.91 Å². The third kappa shape index (κ3) is 2.84. The molecule has 6 nitrogen and oxygen atoms in total. The van der Waals surface area contributed by atoms with E-state index in [9.17, 15) is 19.1 Å². The van der Waals surface area contributed by atoms with Crippen molar-refractivity contribution in [3.8, 4) is 11.5 Å². The van der Waals surface area contributed by atoms with Gasteiger partial charge < -0.3 is 19.5 Å². The Hall–Kier alpha value is -2.31. The van der Waals surface area contributed by atoms with Crippen LogP contribution in [-0.4, -0.2) is 36.1 Å². The van der Waals surface area contributed by atoms with Gasteiger partial charge in [-0.25, -0.2) is 4.39 Å². The van der Waals surface area contributed by atoms with E-state index in [-0.39, 0.29) is 36.7 Å². The van der Waals surface area contributed by atoms with Gasteiger partial charge in [0.25, 0.3) is 0 Å². The Kier molecular flexibility index (Phi) is 4.54. The van der Waals surface area contributed by atoms with Crippen molar-refractivity contribution in [3.63, 3.8) is 0 Å². The van der Waals surface area contributed by atoms with Crippen molar-refractivity contribution in [2.24, 2.45) is 5.92 Å². The number of benzene rings is 1. The Morgan fingerprint density at radius 3 is 2.68 bits per heavy atom. The van der Waals surface area contributed by atoms with Crippen molar-refractivity contribution in [1.29, 1.82) is 0 Å². The number of nitrogens with zero attached hydrogens (tertiary/aromatic N) is 1. The molecule has 2 rings (SSSR count). The second kappa shape index (κ2) is 6.21. The van der Waals surface area contributed by atoms with E-state index in [0.717, 1.165) is 0 Å². The normalized spacial score (nSPS) is 14.5. The van der Waals surface area contributed by atoms with Crippen molar-refractivity contribution in [3.05, 3.63) is 23.0 Å². The van der Waals surface area contributed by atoms with Crippen LogP contribution in [0.2, 0.25) is 0 Å². The summed E-state index contributed by atoms with van der Waals surface area (Å²) in [5.41, 5.74) is 0.864. The molecular weight excluding hydrogens is 293 g/mol. The zero-order valence-corrected chi connectivity index (χ0v) is 12.7. The molecular formula is C15H18FNO5. The lowest BCUT2D eigenvalue weighted by Crippen LogP contribution is -2.29. The molecule has 1 aromatic carbocycles. The highest BCUT2D eigenvalue weighted by Gasteiger charge is 2.30. The molecule has 0 radical (unpaired) electrons. The Labute approximate surface area is 127 Å². The molecule has 1 unspecified atom stereocenters. The van der Waals surface area contributed by atoms with Crippen LogP contribution < -0.4 is 4.74 Å². The Balaban J connectivity index is 2.14. The van der Waals surface area contributed by atoms with Gasteiger partial charge >= 0.3 is 5.97 Å². The number of aromatic hydroxyl groups is 1. The number of halogens is 1. The second-order valence-corrected chi connectivity index (χ2v) is 5.26. The number of phenolic OH excluding ortho intramolecular Hbond substituents is 1. The highest BCUT2D eigenvalue weighted by Crippen LogP contribution is 2.37. The average Bonchev–Trinajstić information content (AvgIpc) is 2.94. The van der Waals surface area contributed by atoms with E-state index in [1.807, 2.05) is 0 Å². The molecule has 120 valence electrons. The molecule has 0 aromatic heterocycles. The molecule has 22 heavy (non-hydrogen) atoms. The summed E-state index contributed by atoms with van der Waals surface area (Å²) in [6.07, 6.45) is -0.00853. The van der Waals surface area contributed by atoms with Crippen LogP contribution in [0.1, 0.15) is 24.5 Å². The number of fused-ring (bicyclic) bond motifs is 1. The number of amides is 1. The molecule has 0 spiro atoms. The van der Waals surface area contributed by atoms with Crippen LogP contribution >= 0.6 is 0 Å². The molecule has 7 heteroatoms. The minimum absolute atomic E-state index is 0.00853. The van der Waals surface area contributed by atoms with E-state index in [1.165, 1.54) is 25.2 Å². The molecule has 1 aliphatic heterocycles. The van der Waals surface area contributed by atoms with E-state index in [2.05, 4.69) is 4.74 Å². The average molecular weight is 311 g/mol. The van der Waals surface area contributed by atoms with Crippen molar-refractivity contribution in [2.75, 3.05) is 14.2 Å². The summed E-state index contributed by atoms with van der Waals surface area (Å²) < 4.78 is 23.6. The molecule has 1 atom stereocenters. The van der Waals surface area contributed by atoms with Gasteiger partial charge in [-0.1, -0.05) is 6.92 Å². The number of rotatable bonds is 4. The van der Waals surface area contributed by atoms with Crippen molar-refractivity contribution < 1.29 is 28.6 Å². The summed E-state index contributed by atoms with van der Waals surface area (Å²) in [7, 11) is 2.59. The fourth-order valence-electron chi connectivity index (χ4n) is 2.48. The van der Waals surface area contributed by atoms with Gasteiger partial charge in [-0.05, 0) is 11.6 Å². The maximum absolute atomic E-state index is 14.1. The molecule has 0 aliphatic carbocycles. The summed E-state index contributed by atoms with van der Waals surface area (Å²) in [4.78, 5) is 25.0. The number of ether oxygens (including phenoxy) is 2. The van der Waals surface area contributed by atoms with Crippen LogP contribution in [0.4, 0.5) is 4.39 Å². The number of esters is 1. The second-order valence-electron chi connectivity index (χ2n) is 5.26. The summed E-state index contributed by atoms with van der Waals surface area (Å²) in [6.45, 7) is 1.88. The number of phenols is 1. The highest BCUT2D eigenvalue weighted by molar-refractivity contribution is 5.83. The van der Waals surface area contributed by atoms with E-state index in [0.29, 0.717) is 5.56 Å². The summed E-state index contributed by atoms with van der Waals surface area (Å²) in [5.74, 6) is -2.59. The third-order valence-electron chi connectivity index (χ3n) is 3.77. The number of carbonyl (C=O) groups is 2. The zero-order chi connectivity index (χ0) is 16.4. The Bertz CT molecular complexity index is 616. The van der Waals surface area contributed by atoms with Gasteiger partial charge in [0.05, 0.1) is 20.1 Å². The number of hydrogen-bond acceptors (Lipinski definition) is 5. The lowest BCUT2D eigenvalue weighted by atomic mass is 10.1. The van der Waals surface area contributed by atoms with Crippen LogP contribution in [-0.2, 0) is 27.4 Å². The molecule has 0 saturated heterocycles. The molecule has 0 fully saturated rings. The number of hydrogen-bond donors (Lipinski definition) is 1. The fourth-order valence-corrected chi connectivity index (χ4v) is 2.48. The van der Waals surface area contributed by atoms with Gasteiger partial charge in [-0.15, -0.1) is 0 Å². The van der Waals surface area contributed by atoms with Gasteiger partial charge in [0.15, 0.2) is 17.3 Å². The molecule has 1 aliphatic rings. The summed E-state index contributed by atoms with van der Waals surface area (Å²) in [5, 5.41) is 9.67. The lowest BCUT2D eigenvalue weighted by Gasteiger charge is -2.17. The fraction of sp³-hybridized carbons (Fsp3) is 0.467. The number of carbonyl (C=O) groups excluding carboxylic acids is 2. The SMILES string of the molecule is COC(=O)C(C)CC(=O)N1Cc2cc(OC)c(O)c(F)c2C1. The molecule has 0 saturated carbocycles. The van der Waals surface area contributed by atoms with E-state index >= 15 is 0 Å². The predicted octanol–water partition coefficient (Wildman–Crippen LogP) is 1.58. The van der Waals surface area contributed by atoms with Crippen LogP contribution in [0.25, 0.3) is 0 Å². The third-order valence-corrected chi connectivity index (χ3v) is 3.77. The molecule has 1 N–H and O–H groups in total. The van der Waals surface area contributed by atoms with Gasteiger partial charge in [-0.2, -0.15) is 0 Å². The standard InChI is InChI=1S/C15H18FNO5/c1-8(15(20)22-3)4-12(18)17-6-9-5-11(21-2)14(19)13(16)10(9)7-17/h5,8,19H,4,6-7H2,1-3H3. The first-order chi connectivity index (χ1) is 10.4. The van der Waals surface area contributed by atoms with Crippen LogP contribution in [0.15, 0.2) is 6.07 Å². The molecule has 1 heterocycles. The number of methoxy groups -OCH3 is 2. The van der Waals surface area contributed by atoms with Crippen molar-refractivity contribution >= 4 is 11.9 Å². The summed E-state index contributed by atoms with van der Waals surface area (Å²) in [6, 6.07) is 1.52. The van der Waals surface area contributed by atoms with Crippen molar-refractivity contribution in [1.82, 2.24) is 4.90 Å². The first-order valence-corrected chi connectivity index (χ1v) is 6.81. The largest absolute Gasteiger partial charge is 0.502 e. The van der Waals surface area contributed by atoms with Crippen molar-refractivity contribution in [2.45, 2.75) is 26.4 Å². The van der Waals surface area contributed by atoms with Gasteiger partial charge in [0.1, 0.15) is 0 Å². The van der Waals surface area contributed by atoms with Gasteiger partial charge in [-0.3, -0.25) is 9.59 Å². The Morgan fingerprint density at radius 2 is 2.09 bits per heavy atom. The molecule has 1 amide bonds. The van der Waals surface area contributed by atoms with Crippen LogP contribution in [0, 0.1) is 11.7 Å². The minimum atomic E-state index is -0.773. The molecule has 0 bridgehead atoms. The smallest absolute Gasteiger partial charge is 0.308 e. The zero-order valence-electron chi connectivity index (χ0n) is 12.7. The van der Waals surface area contributed by atoms with E-state index < -0.39 is 23.5 Å². The lowest BCUT2D eigenvalue weighted by molar-refractivity contribution is -0.148. The topological polar surface area (TPSA) is 76.1 Å². The predicted molar refractivity (Wildman–Crippen MR) is 74.7 cm³/mol. The Morgan fingerprint density at radius 1 is 1.41 bits per heavy atom. The maximum atomic E-state index is 14.1. The maximum Gasteiger partial charge on any atom is 0.308 e. The molecule has 1 aromatic rings. The quantitative estimate of drug-likeness (QED) is 0.854. The minimum Gasteiger partial charge on any atom is -0.502 e.